The number of hydrogen-bond donors (Lipinski definition) is 1. The van der Waals surface area contributed by atoms with Crippen LogP contribution in [-0.2, 0) is 6.42 Å². The Morgan fingerprint density at radius 3 is 2.67 bits per heavy atom. The number of benzene rings is 2. The lowest BCUT2D eigenvalue weighted by Gasteiger charge is -2.19. The van der Waals surface area contributed by atoms with E-state index in [1.165, 1.54) is 6.07 Å². The fourth-order valence-corrected chi connectivity index (χ4v) is 2.50. The topological polar surface area (TPSA) is 21.3 Å². The zero-order chi connectivity index (χ0) is 15.1. The molecule has 0 spiro atoms. The molecule has 2 aromatic carbocycles. The zero-order valence-corrected chi connectivity index (χ0v) is 12.6. The highest BCUT2D eigenvalue weighted by atomic mass is 19.1. The van der Waals surface area contributed by atoms with Crippen LogP contribution in [0, 0.1) is 5.82 Å². The molecule has 0 amide bonds. The van der Waals surface area contributed by atoms with E-state index >= 15 is 0 Å². The molecule has 1 unspecified atom stereocenters. The summed E-state index contributed by atoms with van der Waals surface area (Å²) < 4.78 is 19.3. The van der Waals surface area contributed by atoms with E-state index < -0.39 is 0 Å². The Hall–Kier alpha value is -1.87. The number of halogens is 1. The van der Waals surface area contributed by atoms with E-state index in [0.717, 1.165) is 36.4 Å². The van der Waals surface area contributed by atoms with E-state index in [-0.39, 0.29) is 11.7 Å². The standard InChI is InChI=1S/C18H22FNO/c1-3-20-13-15(17-9-4-5-10-18(17)19)11-14-7-6-8-16(12-14)21-2/h4-10,12,15,20H,3,11,13H2,1-2H3. The van der Waals surface area contributed by atoms with Crippen molar-refractivity contribution < 1.29 is 9.13 Å². The molecule has 0 aliphatic rings. The van der Waals surface area contributed by atoms with Gasteiger partial charge in [0.1, 0.15) is 11.6 Å². The molecule has 1 N–H and O–H groups in total. The van der Waals surface area contributed by atoms with Crippen molar-refractivity contribution in [1.29, 1.82) is 0 Å². The number of rotatable bonds is 7. The quantitative estimate of drug-likeness (QED) is 0.837. The molecule has 0 heterocycles. The second-order valence-corrected chi connectivity index (χ2v) is 5.08. The van der Waals surface area contributed by atoms with Crippen molar-refractivity contribution in [3.05, 3.63) is 65.5 Å². The Balaban J connectivity index is 2.21. The summed E-state index contributed by atoms with van der Waals surface area (Å²) >= 11 is 0. The molecule has 0 aliphatic carbocycles. The molecule has 21 heavy (non-hydrogen) atoms. The van der Waals surface area contributed by atoms with E-state index in [0.29, 0.717) is 0 Å². The van der Waals surface area contributed by atoms with Gasteiger partial charge in [-0.3, -0.25) is 0 Å². The Morgan fingerprint density at radius 2 is 1.95 bits per heavy atom. The minimum absolute atomic E-state index is 0.109. The van der Waals surface area contributed by atoms with Gasteiger partial charge in [-0.05, 0) is 42.3 Å². The molecule has 0 radical (unpaired) electrons. The third kappa shape index (κ3) is 4.30. The van der Waals surface area contributed by atoms with Crippen LogP contribution < -0.4 is 10.1 Å². The maximum atomic E-state index is 14.1. The van der Waals surface area contributed by atoms with Crippen LogP contribution in [0.1, 0.15) is 24.0 Å². The van der Waals surface area contributed by atoms with Gasteiger partial charge < -0.3 is 10.1 Å². The van der Waals surface area contributed by atoms with Crippen molar-refractivity contribution in [1.82, 2.24) is 5.32 Å². The maximum Gasteiger partial charge on any atom is 0.126 e. The lowest BCUT2D eigenvalue weighted by atomic mass is 9.91. The Kier molecular flexibility index (Phi) is 5.76. The molecule has 0 saturated heterocycles. The van der Waals surface area contributed by atoms with Gasteiger partial charge in [-0.1, -0.05) is 37.3 Å². The summed E-state index contributed by atoms with van der Waals surface area (Å²) in [5, 5.41) is 3.32. The molecule has 0 saturated carbocycles. The van der Waals surface area contributed by atoms with E-state index in [9.17, 15) is 4.39 Å². The molecule has 0 bridgehead atoms. The van der Waals surface area contributed by atoms with E-state index in [4.69, 9.17) is 4.74 Å². The molecule has 2 aromatic rings. The predicted molar refractivity (Wildman–Crippen MR) is 84.4 cm³/mol. The fourth-order valence-electron chi connectivity index (χ4n) is 2.50. The van der Waals surface area contributed by atoms with Crippen molar-refractivity contribution in [2.75, 3.05) is 20.2 Å². The summed E-state index contributed by atoms with van der Waals surface area (Å²) in [6.07, 6.45) is 0.783. The number of methoxy groups -OCH3 is 1. The van der Waals surface area contributed by atoms with E-state index in [1.807, 2.05) is 30.3 Å². The molecule has 2 rings (SSSR count). The van der Waals surface area contributed by atoms with Crippen LogP contribution in [0.2, 0.25) is 0 Å². The number of nitrogens with one attached hydrogen (secondary N) is 1. The van der Waals surface area contributed by atoms with Crippen LogP contribution in [-0.4, -0.2) is 20.2 Å². The number of ether oxygens (including phenoxy) is 1. The Bertz CT molecular complexity index is 571. The highest BCUT2D eigenvalue weighted by Gasteiger charge is 2.16. The summed E-state index contributed by atoms with van der Waals surface area (Å²) in [5.41, 5.74) is 1.92. The van der Waals surface area contributed by atoms with Gasteiger partial charge in [0, 0.05) is 12.5 Å². The van der Waals surface area contributed by atoms with E-state index in [1.54, 1.807) is 13.2 Å². The molecule has 0 aromatic heterocycles. The average molecular weight is 287 g/mol. The van der Waals surface area contributed by atoms with Crippen LogP contribution in [0.4, 0.5) is 4.39 Å². The lowest BCUT2D eigenvalue weighted by molar-refractivity contribution is 0.414. The Morgan fingerprint density at radius 1 is 1.14 bits per heavy atom. The normalized spacial score (nSPS) is 12.1. The monoisotopic (exact) mass is 287 g/mol. The molecule has 0 aliphatic heterocycles. The van der Waals surface area contributed by atoms with Crippen LogP contribution in [0.15, 0.2) is 48.5 Å². The first-order valence-electron chi connectivity index (χ1n) is 7.32. The summed E-state index contributed by atoms with van der Waals surface area (Å²) in [6, 6.07) is 15.0. The second-order valence-electron chi connectivity index (χ2n) is 5.08. The van der Waals surface area contributed by atoms with Crippen molar-refractivity contribution in [3.8, 4) is 5.75 Å². The van der Waals surface area contributed by atoms with Gasteiger partial charge in [0.25, 0.3) is 0 Å². The van der Waals surface area contributed by atoms with Gasteiger partial charge in [-0.25, -0.2) is 4.39 Å². The summed E-state index contributed by atoms with van der Waals surface area (Å²) in [5.74, 6) is 0.810. The van der Waals surface area contributed by atoms with E-state index in [2.05, 4.69) is 18.3 Å². The minimum Gasteiger partial charge on any atom is -0.497 e. The second kappa shape index (κ2) is 7.79. The zero-order valence-electron chi connectivity index (χ0n) is 12.6. The van der Waals surface area contributed by atoms with Crippen molar-refractivity contribution in [2.24, 2.45) is 0 Å². The van der Waals surface area contributed by atoms with Crippen LogP contribution >= 0.6 is 0 Å². The Labute approximate surface area is 126 Å². The van der Waals surface area contributed by atoms with Gasteiger partial charge in [0.15, 0.2) is 0 Å². The molecule has 1 atom stereocenters. The lowest BCUT2D eigenvalue weighted by Crippen LogP contribution is -2.23. The molecule has 3 heteroatoms. The van der Waals surface area contributed by atoms with Gasteiger partial charge in [0.2, 0.25) is 0 Å². The summed E-state index contributed by atoms with van der Waals surface area (Å²) in [4.78, 5) is 0. The van der Waals surface area contributed by atoms with Crippen molar-refractivity contribution in [3.63, 3.8) is 0 Å². The maximum absolute atomic E-state index is 14.1. The molecule has 2 nitrogen and oxygen atoms in total. The van der Waals surface area contributed by atoms with Gasteiger partial charge in [-0.15, -0.1) is 0 Å². The van der Waals surface area contributed by atoms with Gasteiger partial charge >= 0.3 is 0 Å². The first kappa shape index (κ1) is 15.5. The minimum atomic E-state index is -0.136. The van der Waals surface area contributed by atoms with Crippen molar-refractivity contribution >= 4 is 0 Å². The fraction of sp³-hybridized carbons (Fsp3) is 0.333. The third-order valence-corrected chi connectivity index (χ3v) is 3.60. The average Bonchev–Trinajstić information content (AvgIpc) is 2.52. The third-order valence-electron chi connectivity index (χ3n) is 3.60. The molecule has 0 fully saturated rings. The SMILES string of the molecule is CCNCC(Cc1cccc(OC)c1)c1ccccc1F. The highest BCUT2D eigenvalue weighted by Crippen LogP contribution is 2.24. The van der Waals surface area contributed by atoms with Gasteiger partial charge in [-0.2, -0.15) is 0 Å². The van der Waals surface area contributed by atoms with Crippen LogP contribution in [0.25, 0.3) is 0 Å². The molecular weight excluding hydrogens is 265 g/mol. The smallest absolute Gasteiger partial charge is 0.126 e. The van der Waals surface area contributed by atoms with Crippen molar-refractivity contribution in [2.45, 2.75) is 19.3 Å². The summed E-state index contributed by atoms with van der Waals surface area (Å²) in [6.45, 7) is 3.70. The predicted octanol–water partition coefficient (Wildman–Crippen LogP) is 3.77. The first-order chi connectivity index (χ1) is 10.2. The van der Waals surface area contributed by atoms with Gasteiger partial charge in [0.05, 0.1) is 7.11 Å². The van der Waals surface area contributed by atoms with Crippen LogP contribution in [0.3, 0.4) is 0 Å². The number of hydrogen-bond acceptors (Lipinski definition) is 2. The molecule has 112 valence electrons. The highest BCUT2D eigenvalue weighted by molar-refractivity contribution is 5.31. The first-order valence-corrected chi connectivity index (χ1v) is 7.32. The molecular formula is C18H22FNO. The summed E-state index contributed by atoms with van der Waals surface area (Å²) in [7, 11) is 1.66. The largest absolute Gasteiger partial charge is 0.497 e. The number of likely N-dealkylation sites (N-methyl/N-ethyl adjacent to an activating group) is 1. The van der Waals surface area contributed by atoms with Crippen LogP contribution in [0.5, 0.6) is 5.75 Å².